The smallest absolute Gasteiger partial charge is 0.137 e. The average Bonchev–Trinajstić information content (AvgIpc) is 4.04. The Morgan fingerprint density at radius 2 is 0.916 bits per heavy atom. The van der Waals surface area contributed by atoms with Crippen LogP contribution in [-0.2, 0) is 21.7 Å². The van der Waals surface area contributed by atoms with E-state index in [1.54, 1.807) is 0 Å². The third kappa shape index (κ3) is 10.7. The van der Waals surface area contributed by atoms with Crippen LogP contribution in [0.1, 0.15) is 105 Å². The van der Waals surface area contributed by atoms with Crippen LogP contribution in [0.15, 0.2) is 206 Å². The van der Waals surface area contributed by atoms with E-state index in [9.17, 15) is 0 Å². The second kappa shape index (κ2) is 20.6. The minimum Gasteiger partial charge on any atom is -0.457 e. The van der Waals surface area contributed by atoms with E-state index in [0.29, 0.717) is 23.7 Å². The van der Waals surface area contributed by atoms with Crippen molar-refractivity contribution >= 4 is 44.6 Å². The van der Waals surface area contributed by atoms with Crippen molar-refractivity contribution in [2.24, 2.45) is 0 Å². The van der Waals surface area contributed by atoms with Crippen molar-refractivity contribution in [1.82, 2.24) is 9.55 Å². The lowest BCUT2D eigenvalue weighted by molar-refractivity contribution is 0.483. The molecular weight excluding hydrogens is 1020 g/mol. The van der Waals surface area contributed by atoms with Crippen molar-refractivity contribution < 1.29 is 13.5 Å². The molecule has 2 aromatic heterocycles. The molecule has 0 saturated carbocycles. The number of ether oxygens (including phenoxy) is 1. The molecule has 0 amide bonds. The van der Waals surface area contributed by atoms with Gasteiger partial charge in [-0.05, 0) is 156 Å². The number of para-hydroxylation sites is 3. The molecule has 0 aliphatic carbocycles. The number of anilines is 4. The summed E-state index contributed by atoms with van der Waals surface area (Å²) in [4.78, 5) is 9.63. The zero-order valence-corrected chi connectivity index (χ0v) is 49.8. The topological polar surface area (TPSA) is 33.5 Å². The number of rotatable bonds is 9. The fourth-order valence-corrected chi connectivity index (χ4v) is 11.6. The maximum atomic E-state index is 15.8. The van der Waals surface area contributed by atoms with Crippen LogP contribution in [0, 0.1) is 11.6 Å². The van der Waals surface area contributed by atoms with E-state index >= 15 is 8.78 Å². The Labute approximate surface area is 488 Å². The van der Waals surface area contributed by atoms with Gasteiger partial charge in [0, 0.05) is 52.0 Å². The average molecular weight is 1100 g/mol. The fraction of sp³-hybridized carbons (Fsp3) is 0.224. The lowest BCUT2D eigenvalue weighted by Gasteiger charge is -2.32. The predicted molar refractivity (Wildman–Crippen MR) is 344 cm³/mol. The van der Waals surface area contributed by atoms with Crippen LogP contribution in [0.25, 0.3) is 72.1 Å². The maximum Gasteiger partial charge on any atom is 0.137 e. The Hall–Kier alpha value is -8.81. The number of hydrogen-bond acceptors (Lipinski definition) is 4. The minimum absolute atomic E-state index is 0.0709. The molecular formula is C76H72F2N4O. The van der Waals surface area contributed by atoms with Gasteiger partial charge in [-0.2, -0.15) is 0 Å². The van der Waals surface area contributed by atoms with Gasteiger partial charge >= 0.3 is 0 Å². The summed E-state index contributed by atoms with van der Waals surface area (Å²) in [6, 6.07) is 68.6. The third-order valence-electron chi connectivity index (χ3n) is 16.4. The Balaban J connectivity index is 1.05. The van der Waals surface area contributed by atoms with E-state index in [1.165, 1.54) is 28.8 Å². The van der Waals surface area contributed by atoms with Gasteiger partial charge in [-0.15, -0.1) is 0 Å². The van der Waals surface area contributed by atoms with Gasteiger partial charge in [-0.25, -0.2) is 13.8 Å². The summed E-state index contributed by atoms with van der Waals surface area (Å²) in [5.74, 6) is 0.933. The van der Waals surface area contributed by atoms with Crippen LogP contribution in [0.2, 0.25) is 0 Å². The molecule has 0 bridgehead atoms. The molecule has 0 fully saturated rings. The van der Waals surface area contributed by atoms with Crippen LogP contribution in [0.3, 0.4) is 0 Å². The van der Waals surface area contributed by atoms with Gasteiger partial charge in [-0.3, -0.25) is 4.57 Å². The van der Waals surface area contributed by atoms with Crippen molar-refractivity contribution in [1.29, 1.82) is 0 Å². The Morgan fingerprint density at radius 3 is 1.54 bits per heavy atom. The van der Waals surface area contributed by atoms with Crippen LogP contribution in [0.5, 0.6) is 11.5 Å². The van der Waals surface area contributed by atoms with Crippen molar-refractivity contribution in [2.45, 2.75) is 105 Å². The highest BCUT2D eigenvalue weighted by atomic mass is 19.1. The SMILES string of the molecule is CC(C)(C)c1cc(-c2cc(C(C)(C)C)cc(-c3cc(F)cc(F)c3)c2N2CN(c3cc(Oc4ccc5c6ccccc6n(-c6cc(C(C)(C)C)ccn6)c5c4)cc(-c4ccc(-c5ccccc5)cc4)c3)c3ccccc32)cc(C(C)(C)C)c1. The number of nitrogens with zero attached hydrogens (tertiary/aromatic N) is 4. The van der Waals surface area contributed by atoms with E-state index in [0.717, 1.165) is 101 Å². The molecule has 3 heterocycles. The largest absolute Gasteiger partial charge is 0.457 e. The van der Waals surface area contributed by atoms with Gasteiger partial charge in [0.2, 0.25) is 0 Å². The fourth-order valence-electron chi connectivity index (χ4n) is 11.6. The van der Waals surface area contributed by atoms with Crippen molar-refractivity contribution in [3.8, 4) is 61.8 Å². The number of halogens is 2. The van der Waals surface area contributed by atoms with Gasteiger partial charge in [-0.1, -0.05) is 186 Å². The third-order valence-corrected chi connectivity index (χ3v) is 16.4. The normalized spacial score (nSPS) is 13.1. The monoisotopic (exact) mass is 1090 g/mol. The molecule has 0 radical (unpaired) electrons. The Bertz CT molecular complexity index is 4230. The minimum atomic E-state index is -0.630. The molecule has 1 aliphatic rings. The summed E-state index contributed by atoms with van der Waals surface area (Å²) in [5, 5.41) is 2.24. The van der Waals surface area contributed by atoms with E-state index in [-0.39, 0.29) is 21.7 Å². The number of aromatic nitrogens is 2. The summed E-state index contributed by atoms with van der Waals surface area (Å²) in [5.41, 5.74) is 17.2. The highest BCUT2D eigenvalue weighted by molar-refractivity contribution is 6.09. The van der Waals surface area contributed by atoms with Crippen molar-refractivity contribution in [3.63, 3.8) is 0 Å². The summed E-state index contributed by atoms with van der Waals surface area (Å²) in [6.45, 7) is 27.2. The molecule has 0 saturated heterocycles. The first-order chi connectivity index (χ1) is 39.4. The molecule has 5 nitrogen and oxygen atoms in total. The Kier molecular flexibility index (Phi) is 13.6. The summed E-state index contributed by atoms with van der Waals surface area (Å²) in [6.07, 6.45) is 1.91. The van der Waals surface area contributed by atoms with Crippen molar-refractivity contribution in [2.75, 3.05) is 16.5 Å². The number of pyridine rings is 1. The van der Waals surface area contributed by atoms with Gasteiger partial charge in [0.15, 0.2) is 0 Å². The standard InChI is InChI=1S/C76H72F2N4O/c1-73(2,3)54-32-33-79-71(43-54)82-67-23-17-16-22-63(67)64-31-30-61(46-70(64)82)83-62-39-51(50-28-26-49(27-29-50)48-20-14-13-15-21-48)38-60(45-62)80-47-81(69-25-19-18-24-68(69)80)72-65(52-34-55(74(4,5)6)40-56(35-52)75(7,8)9)41-57(76(10,11)12)42-66(72)53-36-58(77)44-59(78)37-53/h13-46H,47H2,1-12H3. The number of fused-ring (bicyclic) bond motifs is 4. The first-order valence-corrected chi connectivity index (χ1v) is 28.9. The molecule has 7 heteroatoms. The van der Waals surface area contributed by atoms with Gasteiger partial charge in [0.25, 0.3) is 0 Å². The number of benzene rings is 9. The summed E-state index contributed by atoms with van der Waals surface area (Å²) >= 11 is 0. The zero-order chi connectivity index (χ0) is 58.3. The maximum absolute atomic E-state index is 15.8. The molecule has 11 aromatic rings. The second-order valence-corrected chi connectivity index (χ2v) is 26.6. The first kappa shape index (κ1) is 54.8. The number of hydrogen-bond donors (Lipinski definition) is 0. The predicted octanol–water partition coefficient (Wildman–Crippen LogP) is 21.4. The lowest BCUT2D eigenvalue weighted by atomic mass is 9.77. The van der Waals surface area contributed by atoms with Crippen LogP contribution < -0.4 is 14.5 Å². The Morgan fingerprint density at radius 1 is 0.386 bits per heavy atom. The molecule has 1 aliphatic heterocycles. The van der Waals surface area contributed by atoms with Crippen molar-refractivity contribution in [3.05, 3.63) is 240 Å². The second-order valence-electron chi connectivity index (χ2n) is 26.6. The highest BCUT2D eigenvalue weighted by Crippen LogP contribution is 2.53. The van der Waals surface area contributed by atoms with Gasteiger partial charge in [0.1, 0.15) is 35.6 Å². The van der Waals surface area contributed by atoms with E-state index in [4.69, 9.17) is 9.72 Å². The molecule has 0 unspecified atom stereocenters. The first-order valence-electron chi connectivity index (χ1n) is 28.9. The van der Waals surface area contributed by atoms with E-state index < -0.39 is 11.6 Å². The van der Waals surface area contributed by atoms with Crippen LogP contribution >= 0.6 is 0 Å². The molecule has 0 atom stereocenters. The van der Waals surface area contributed by atoms with Gasteiger partial charge in [0.05, 0.1) is 28.1 Å². The van der Waals surface area contributed by atoms with Crippen LogP contribution in [-0.4, -0.2) is 16.2 Å². The highest BCUT2D eigenvalue weighted by Gasteiger charge is 2.34. The zero-order valence-electron chi connectivity index (χ0n) is 49.8. The molecule has 0 N–H and O–H groups in total. The quantitative estimate of drug-likeness (QED) is 0.144. The molecule has 9 aromatic carbocycles. The summed E-state index contributed by atoms with van der Waals surface area (Å²) < 4.78 is 40.9. The summed E-state index contributed by atoms with van der Waals surface area (Å²) in [7, 11) is 0. The van der Waals surface area contributed by atoms with E-state index in [1.807, 2.05) is 12.3 Å². The van der Waals surface area contributed by atoms with Crippen LogP contribution in [0.4, 0.5) is 31.5 Å². The van der Waals surface area contributed by atoms with E-state index in [2.05, 4.69) is 273 Å². The lowest BCUT2D eigenvalue weighted by Crippen LogP contribution is -2.25. The molecule has 83 heavy (non-hydrogen) atoms. The van der Waals surface area contributed by atoms with Gasteiger partial charge < -0.3 is 14.5 Å². The molecule has 12 rings (SSSR count). The molecule has 0 spiro atoms. The molecule has 416 valence electrons.